The van der Waals surface area contributed by atoms with Gasteiger partial charge in [0, 0.05) is 37.3 Å². The third kappa shape index (κ3) is 4.60. The van der Waals surface area contributed by atoms with E-state index in [1.807, 2.05) is 12.1 Å². The number of halogens is 1. The van der Waals surface area contributed by atoms with E-state index in [1.54, 1.807) is 12.3 Å². The maximum atomic E-state index is 13.4. The normalized spacial score (nSPS) is 23.7. The second kappa shape index (κ2) is 8.86. The number of carboxylic acids is 1. The second-order valence-corrected chi connectivity index (χ2v) is 8.89. The fraction of sp³-hybridized carbons (Fsp3) is 0.458. The van der Waals surface area contributed by atoms with Gasteiger partial charge in [0.15, 0.2) is 0 Å². The molecule has 1 saturated heterocycles. The summed E-state index contributed by atoms with van der Waals surface area (Å²) in [6, 6.07) is 8.49. The first-order chi connectivity index (χ1) is 15.5. The molecule has 2 aliphatic rings. The zero-order chi connectivity index (χ0) is 22.1. The van der Waals surface area contributed by atoms with Crippen LogP contribution in [0, 0.1) is 11.7 Å². The molecule has 2 fully saturated rings. The molecule has 0 amide bonds. The number of anilines is 1. The van der Waals surface area contributed by atoms with Gasteiger partial charge in [0.1, 0.15) is 17.5 Å². The number of pyridine rings is 1. The molecule has 0 spiro atoms. The van der Waals surface area contributed by atoms with Crippen LogP contribution in [-0.2, 0) is 9.53 Å². The third-order valence-corrected chi connectivity index (χ3v) is 6.58. The summed E-state index contributed by atoms with van der Waals surface area (Å²) in [6.07, 6.45) is 7.22. The molecule has 0 bridgehead atoms. The van der Waals surface area contributed by atoms with Crippen molar-refractivity contribution < 1.29 is 19.0 Å². The number of carboxylic acid groups (broad SMARTS) is 1. The summed E-state index contributed by atoms with van der Waals surface area (Å²) in [4.78, 5) is 25.4. The molecule has 1 atom stereocenters. The van der Waals surface area contributed by atoms with Crippen LogP contribution < -0.4 is 4.90 Å². The predicted molar refractivity (Wildman–Crippen MR) is 119 cm³/mol. The van der Waals surface area contributed by atoms with Gasteiger partial charge in [-0.2, -0.15) is 0 Å². The smallest absolute Gasteiger partial charge is 0.303 e. The fourth-order valence-electron chi connectivity index (χ4n) is 4.87. The topological polar surface area (TPSA) is 91.3 Å². The molecule has 1 unspecified atom stereocenters. The van der Waals surface area contributed by atoms with Crippen LogP contribution >= 0.6 is 0 Å². The van der Waals surface area contributed by atoms with Crippen molar-refractivity contribution in [1.29, 1.82) is 0 Å². The van der Waals surface area contributed by atoms with Crippen LogP contribution in [0.15, 0.2) is 36.5 Å². The van der Waals surface area contributed by atoms with Gasteiger partial charge in [0.05, 0.1) is 23.2 Å². The van der Waals surface area contributed by atoms with E-state index in [0.29, 0.717) is 17.3 Å². The number of aromatic amines is 1. The van der Waals surface area contributed by atoms with Crippen LogP contribution in [0.3, 0.4) is 0 Å². The van der Waals surface area contributed by atoms with E-state index in [1.165, 1.54) is 12.1 Å². The lowest BCUT2D eigenvalue weighted by atomic mass is 9.85. The van der Waals surface area contributed by atoms with E-state index in [-0.39, 0.29) is 24.4 Å². The standard InChI is InChI=1S/C24H27FN4O3/c25-17-4-7-20-21(12-17)28-24(27-20)16-3-8-22(26-13-16)29-10-9-19(14-29)32-18-5-1-15(2-6-18)11-23(30)31/h3-4,7-8,12-13,15,18-19H,1-2,5-6,9-11,14H2,(H,27,28)(H,30,31)/t15-,18+,19?. The maximum Gasteiger partial charge on any atom is 0.303 e. The molecule has 3 heterocycles. The van der Waals surface area contributed by atoms with Gasteiger partial charge in [-0.15, -0.1) is 0 Å². The maximum absolute atomic E-state index is 13.4. The van der Waals surface area contributed by atoms with E-state index < -0.39 is 5.97 Å². The summed E-state index contributed by atoms with van der Waals surface area (Å²) in [5.41, 5.74) is 2.25. The molecule has 8 heteroatoms. The van der Waals surface area contributed by atoms with Crippen LogP contribution in [0.25, 0.3) is 22.4 Å². The molecule has 1 aliphatic carbocycles. The molecular weight excluding hydrogens is 411 g/mol. The summed E-state index contributed by atoms with van der Waals surface area (Å²) < 4.78 is 19.7. The highest BCUT2D eigenvalue weighted by Crippen LogP contribution is 2.31. The van der Waals surface area contributed by atoms with Crippen molar-refractivity contribution in [2.45, 2.75) is 50.7 Å². The lowest BCUT2D eigenvalue weighted by molar-refractivity contribution is -0.138. The molecule has 168 valence electrons. The van der Waals surface area contributed by atoms with Crippen LogP contribution in [-0.4, -0.2) is 51.3 Å². The molecular formula is C24H27FN4O3. The largest absolute Gasteiger partial charge is 0.481 e. The Bertz CT molecular complexity index is 1090. The van der Waals surface area contributed by atoms with E-state index in [2.05, 4.69) is 19.9 Å². The van der Waals surface area contributed by atoms with Gasteiger partial charge in [-0.25, -0.2) is 14.4 Å². The van der Waals surface area contributed by atoms with Crippen molar-refractivity contribution in [2.24, 2.45) is 5.92 Å². The Morgan fingerprint density at radius 2 is 2.00 bits per heavy atom. The van der Waals surface area contributed by atoms with Crippen molar-refractivity contribution in [3.05, 3.63) is 42.3 Å². The van der Waals surface area contributed by atoms with Gasteiger partial charge in [0.25, 0.3) is 0 Å². The lowest BCUT2D eigenvalue weighted by Gasteiger charge is -2.29. The quantitative estimate of drug-likeness (QED) is 0.593. The number of imidazole rings is 1. The SMILES string of the molecule is O=C(O)C[C@H]1CC[C@@H](OC2CCN(c3ccc(-c4nc5cc(F)ccc5[nH]4)cn3)C2)CC1. The highest BCUT2D eigenvalue weighted by molar-refractivity contribution is 5.79. The number of hydrogen-bond donors (Lipinski definition) is 2. The van der Waals surface area contributed by atoms with Gasteiger partial charge in [-0.3, -0.25) is 4.79 Å². The number of ether oxygens (including phenoxy) is 1. The molecule has 5 rings (SSSR count). The van der Waals surface area contributed by atoms with Gasteiger partial charge in [-0.05, 0) is 62.3 Å². The van der Waals surface area contributed by atoms with E-state index in [0.717, 1.165) is 62.1 Å². The first-order valence-corrected chi connectivity index (χ1v) is 11.3. The number of fused-ring (bicyclic) bond motifs is 1. The molecule has 1 saturated carbocycles. The first kappa shape index (κ1) is 20.9. The Morgan fingerprint density at radius 1 is 1.16 bits per heavy atom. The molecule has 1 aliphatic heterocycles. The summed E-state index contributed by atoms with van der Waals surface area (Å²) in [5, 5.41) is 8.96. The highest BCUT2D eigenvalue weighted by atomic mass is 19.1. The van der Waals surface area contributed by atoms with Crippen molar-refractivity contribution in [2.75, 3.05) is 18.0 Å². The molecule has 0 radical (unpaired) electrons. The van der Waals surface area contributed by atoms with Crippen molar-refractivity contribution in [3.8, 4) is 11.4 Å². The molecule has 1 aromatic carbocycles. The zero-order valence-corrected chi connectivity index (χ0v) is 17.8. The van der Waals surface area contributed by atoms with Gasteiger partial charge in [0.2, 0.25) is 0 Å². The number of aromatic nitrogens is 3. The Balaban J connectivity index is 1.16. The number of rotatable bonds is 6. The molecule has 2 aromatic heterocycles. The summed E-state index contributed by atoms with van der Waals surface area (Å²) in [7, 11) is 0. The number of hydrogen-bond acceptors (Lipinski definition) is 5. The average molecular weight is 439 g/mol. The minimum atomic E-state index is -0.700. The number of aliphatic carboxylic acids is 1. The summed E-state index contributed by atoms with van der Waals surface area (Å²) >= 11 is 0. The number of carbonyl (C=O) groups is 1. The third-order valence-electron chi connectivity index (χ3n) is 6.58. The van der Waals surface area contributed by atoms with Crippen molar-refractivity contribution >= 4 is 22.8 Å². The summed E-state index contributed by atoms with van der Waals surface area (Å²) in [5.74, 6) is 0.871. The number of nitrogens with zero attached hydrogens (tertiary/aromatic N) is 3. The van der Waals surface area contributed by atoms with E-state index in [4.69, 9.17) is 9.84 Å². The van der Waals surface area contributed by atoms with E-state index >= 15 is 0 Å². The van der Waals surface area contributed by atoms with E-state index in [9.17, 15) is 9.18 Å². The van der Waals surface area contributed by atoms with Gasteiger partial charge < -0.3 is 19.7 Å². The van der Waals surface area contributed by atoms with Crippen LogP contribution in [0.4, 0.5) is 10.2 Å². The minimum Gasteiger partial charge on any atom is -0.481 e. The zero-order valence-electron chi connectivity index (χ0n) is 17.8. The Hall–Kier alpha value is -3.00. The highest BCUT2D eigenvalue weighted by Gasteiger charge is 2.29. The molecule has 7 nitrogen and oxygen atoms in total. The predicted octanol–water partition coefficient (Wildman–Crippen LogP) is 4.39. The van der Waals surface area contributed by atoms with Gasteiger partial charge >= 0.3 is 5.97 Å². The molecule has 3 aromatic rings. The molecule has 32 heavy (non-hydrogen) atoms. The lowest BCUT2D eigenvalue weighted by Crippen LogP contribution is -2.30. The summed E-state index contributed by atoms with van der Waals surface area (Å²) in [6.45, 7) is 1.71. The monoisotopic (exact) mass is 438 g/mol. The minimum absolute atomic E-state index is 0.183. The number of nitrogens with one attached hydrogen (secondary N) is 1. The number of benzene rings is 1. The Morgan fingerprint density at radius 3 is 2.75 bits per heavy atom. The fourth-order valence-corrected chi connectivity index (χ4v) is 4.87. The van der Waals surface area contributed by atoms with Crippen LogP contribution in [0.1, 0.15) is 38.5 Å². The van der Waals surface area contributed by atoms with Crippen molar-refractivity contribution in [1.82, 2.24) is 15.0 Å². The first-order valence-electron chi connectivity index (χ1n) is 11.3. The Kier molecular flexibility index (Phi) is 5.78. The Labute approximate surface area is 185 Å². The van der Waals surface area contributed by atoms with Gasteiger partial charge in [-0.1, -0.05) is 0 Å². The number of H-pyrrole nitrogens is 1. The van der Waals surface area contributed by atoms with Crippen LogP contribution in [0.2, 0.25) is 0 Å². The molecule has 2 N–H and O–H groups in total. The van der Waals surface area contributed by atoms with Crippen molar-refractivity contribution in [3.63, 3.8) is 0 Å². The second-order valence-electron chi connectivity index (χ2n) is 8.89. The van der Waals surface area contributed by atoms with Crippen LogP contribution in [0.5, 0.6) is 0 Å². The average Bonchev–Trinajstić information content (AvgIpc) is 3.42.